The van der Waals surface area contributed by atoms with Gasteiger partial charge in [0, 0.05) is 44.4 Å². The van der Waals surface area contributed by atoms with E-state index in [4.69, 9.17) is 9.47 Å². The number of carbonyl (C=O) groups is 1. The zero-order chi connectivity index (χ0) is 20.1. The highest BCUT2D eigenvalue weighted by Gasteiger charge is 2.26. The van der Waals surface area contributed by atoms with Crippen LogP contribution in [0.1, 0.15) is 30.1 Å². The van der Waals surface area contributed by atoms with E-state index in [0.29, 0.717) is 42.7 Å². The fourth-order valence-electron chi connectivity index (χ4n) is 3.34. The topological polar surface area (TPSA) is 82.4 Å². The van der Waals surface area contributed by atoms with Crippen molar-refractivity contribution in [3.8, 4) is 17.4 Å². The summed E-state index contributed by atoms with van der Waals surface area (Å²) in [6.45, 7) is 3.69. The highest BCUT2D eigenvalue weighted by molar-refractivity contribution is 5.97. The van der Waals surface area contributed by atoms with Crippen molar-refractivity contribution >= 4 is 5.91 Å². The van der Waals surface area contributed by atoms with Crippen LogP contribution in [-0.4, -0.2) is 56.6 Å². The molecule has 29 heavy (non-hydrogen) atoms. The zero-order valence-electron chi connectivity index (χ0n) is 16.3. The van der Waals surface area contributed by atoms with Crippen LogP contribution in [-0.2, 0) is 0 Å². The highest BCUT2D eigenvalue weighted by atomic mass is 16.5. The Balaban J connectivity index is 1.33. The molecule has 3 aromatic rings. The lowest BCUT2D eigenvalue weighted by Crippen LogP contribution is -2.42. The molecule has 1 fully saturated rings. The number of hydrogen-bond donors (Lipinski definition) is 0. The second-order valence-corrected chi connectivity index (χ2v) is 6.72. The Bertz CT molecular complexity index is 935. The molecular weight excluding hydrogens is 370 g/mol. The molecule has 1 amide bonds. The van der Waals surface area contributed by atoms with Crippen molar-refractivity contribution in [2.45, 2.75) is 25.9 Å². The summed E-state index contributed by atoms with van der Waals surface area (Å²) in [7, 11) is 0. The first kappa shape index (κ1) is 18.9. The number of ether oxygens (including phenoxy) is 2. The monoisotopic (exact) mass is 393 g/mol. The zero-order valence-corrected chi connectivity index (χ0v) is 16.3. The van der Waals surface area contributed by atoms with Gasteiger partial charge in [0.2, 0.25) is 5.88 Å². The van der Waals surface area contributed by atoms with Gasteiger partial charge in [0.15, 0.2) is 5.82 Å². The fraction of sp³-hybridized carbons (Fsp3) is 0.333. The molecule has 0 unspecified atom stereocenters. The molecule has 1 saturated heterocycles. The van der Waals surface area contributed by atoms with Crippen molar-refractivity contribution in [2.75, 3.05) is 19.7 Å². The molecule has 0 spiro atoms. The first-order valence-corrected chi connectivity index (χ1v) is 9.76. The van der Waals surface area contributed by atoms with Crippen molar-refractivity contribution in [3.05, 3.63) is 60.4 Å². The van der Waals surface area contributed by atoms with Crippen LogP contribution in [0.2, 0.25) is 0 Å². The second-order valence-electron chi connectivity index (χ2n) is 6.72. The predicted octanol–water partition coefficient (Wildman–Crippen LogP) is 2.74. The van der Waals surface area contributed by atoms with Gasteiger partial charge in [0.05, 0.1) is 12.2 Å². The second kappa shape index (κ2) is 8.72. The average molecular weight is 393 g/mol. The number of nitrogens with zero attached hydrogens (tertiary/aromatic N) is 5. The number of rotatable bonds is 6. The van der Waals surface area contributed by atoms with Crippen LogP contribution in [0.5, 0.6) is 11.6 Å². The Hall–Kier alpha value is -3.42. The average Bonchev–Trinajstić information content (AvgIpc) is 3.30. The standard InChI is InChI=1S/C21H23N5O3/c1-2-28-18-7-4-3-6-17(18)21(27)25-14-10-16(11-15-25)29-20-9-8-19(23-24-20)26-13-5-12-22-26/h3-9,12-13,16H,2,10-11,14-15H2,1H3. The number of piperidine rings is 1. The van der Waals surface area contributed by atoms with Gasteiger partial charge in [-0.3, -0.25) is 4.79 Å². The molecule has 1 aliphatic rings. The van der Waals surface area contributed by atoms with Crippen LogP contribution in [0.25, 0.3) is 5.82 Å². The Labute approximate surface area is 169 Å². The minimum atomic E-state index is -0.00383. The predicted molar refractivity (Wildman–Crippen MR) is 106 cm³/mol. The molecule has 1 aromatic carbocycles. The van der Waals surface area contributed by atoms with Gasteiger partial charge < -0.3 is 14.4 Å². The lowest BCUT2D eigenvalue weighted by molar-refractivity contribution is 0.0582. The summed E-state index contributed by atoms with van der Waals surface area (Å²) in [5.74, 6) is 1.74. The van der Waals surface area contributed by atoms with Crippen molar-refractivity contribution in [1.82, 2.24) is 24.9 Å². The maximum absolute atomic E-state index is 12.9. The van der Waals surface area contributed by atoms with Crippen LogP contribution in [0, 0.1) is 0 Å². The molecule has 150 valence electrons. The number of para-hydroxylation sites is 1. The Kier molecular flexibility index (Phi) is 5.69. The van der Waals surface area contributed by atoms with Crippen molar-refractivity contribution < 1.29 is 14.3 Å². The molecule has 8 heteroatoms. The van der Waals surface area contributed by atoms with E-state index in [-0.39, 0.29) is 12.0 Å². The third kappa shape index (κ3) is 4.37. The fourth-order valence-corrected chi connectivity index (χ4v) is 3.34. The molecule has 2 aromatic heterocycles. The van der Waals surface area contributed by atoms with E-state index in [0.717, 1.165) is 12.8 Å². The van der Waals surface area contributed by atoms with E-state index in [1.165, 1.54) is 0 Å². The molecule has 0 atom stereocenters. The van der Waals surface area contributed by atoms with E-state index in [1.54, 1.807) is 23.1 Å². The minimum Gasteiger partial charge on any atom is -0.493 e. The molecular formula is C21H23N5O3. The number of amides is 1. The third-order valence-corrected chi connectivity index (χ3v) is 4.80. The molecule has 0 aliphatic carbocycles. The van der Waals surface area contributed by atoms with Crippen LogP contribution in [0.4, 0.5) is 0 Å². The smallest absolute Gasteiger partial charge is 0.257 e. The number of likely N-dealkylation sites (tertiary alicyclic amines) is 1. The number of aromatic nitrogens is 4. The van der Waals surface area contributed by atoms with Gasteiger partial charge in [-0.1, -0.05) is 12.1 Å². The van der Waals surface area contributed by atoms with Crippen LogP contribution < -0.4 is 9.47 Å². The minimum absolute atomic E-state index is 0.00383. The molecule has 0 N–H and O–H groups in total. The lowest BCUT2D eigenvalue weighted by atomic mass is 10.1. The first-order valence-electron chi connectivity index (χ1n) is 9.76. The van der Waals surface area contributed by atoms with Crippen molar-refractivity contribution in [1.29, 1.82) is 0 Å². The maximum Gasteiger partial charge on any atom is 0.257 e. The van der Waals surface area contributed by atoms with E-state index in [9.17, 15) is 4.79 Å². The molecule has 0 radical (unpaired) electrons. The summed E-state index contributed by atoms with van der Waals surface area (Å²) in [6.07, 6.45) is 4.98. The molecule has 0 saturated carbocycles. The van der Waals surface area contributed by atoms with Crippen molar-refractivity contribution in [3.63, 3.8) is 0 Å². The number of benzene rings is 1. The summed E-state index contributed by atoms with van der Waals surface area (Å²) >= 11 is 0. The van der Waals surface area contributed by atoms with Gasteiger partial charge in [-0.15, -0.1) is 10.2 Å². The van der Waals surface area contributed by atoms with E-state index in [1.807, 2.05) is 48.2 Å². The summed E-state index contributed by atoms with van der Waals surface area (Å²) < 4.78 is 13.2. The molecule has 1 aliphatic heterocycles. The lowest BCUT2D eigenvalue weighted by Gasteiger charge is -2.32. The summed E-state index contributed by atoms with van der Waals surface area (Å²) in [4.78, 5) is 14.7. The Morgan fingerprint density at radius 3 is 2.62 bits per heavy atom. The molecule has 3 heterocycles. The van der Waals surface area contributed by atoms with Crippen LogP contribution in [0.3, 0.4) is 0 Å². The van der Waals surface area contributed by atoms with E-state index < -0.39 is 0 Å². The number of hydrogen-bond acceptors (Lipinski definition) is 6. The van der Waals surface area contributed by atoms with Crippen LogP contribution in [0.15, 0.2) is 54.9 Å². The Morgan fingerprint density at radius 2 is 1.93 bits per heavy atom. The van der Waals surface area contributed by atoms with Crippen molar-refractivity contribution in [2.24, 2.45) is 0 Å². The molecule has 8 nitrogen and oxygen atoms in total. The quantitative estimate of drug-likeness (QED) is 0.640. The summed E-state index contributed by atoms with van der Waals surface area (Å²) in [5, 5.41) is 12.4. The molecule has 0 bridgehead atoms. The van der Waals surface area contributed by atoms with Gasteiger partial charge in [-0.2, -0.15) is 5.10 Å². The van der Waals surface area contributed by atoms with Crippen LogP contribution >= 0.6 is 0 Å². The van der Waals surface area contributed by atoms with Gasteiger partial charge in [0.1, 0.15) is 11.9 Å². The van der Waals surface area contributed by atoms with Gasteiger partial charge >= 0.3 is 0 Å². The maximum atomic E-state index is 12.9. The Morgan fingerprint density at radius 1 is 1.10 bits per heavy atom. The summed E-state index contributed by atoms with van der Waals surface area (Å²) in [6, 6.07) is 12.8. The largest absolute Gasteiger partial charge is 0.493 e. The van der Waals surface area contributed by atoms with Gasteiger partial charge in [0.25, 0.3) is 5.91 Å². The van der Waals surface area contributed by atoms with Gasteiger partial charge in [-0.25, -0.2) is 4.68 Å². The third-order valence-electron chi connectivity index (χ3n) is 4.80. The SMILES string of the molecule is CCOc1ccccc1C(=O)N1CCC(Oc2ccc(-n3cccn3)nn2)CC1. The molecule has 4 rings (SSSR count). The van der Waals surface area contributed by atoms with Gasteiger partial charge in [-0.05, 0) is 31.2 Å². The normalized spacial score (nSPS) is 14.6. The number of carbonyl (C=O) groups excluding carboxylic acids is 1. The summed E-state index contributed by atoms with van der Waals surface area (Å²) in [5.41, 5.74) is 0.605. The van der Waals surface area contributed by atoms with E-state index in [2.05, 4.69) is 15.3 Å². The first-order chi connectivity index (χ1) is 14.2. The highest BCUT2D eigenvalue weighted by Crippen LogP contribution is 2.23. The van der Waals surface area contributed by atoms with E-state index >= 15 is 0 Å².